The Morgan fingerprint density at radius 1 is 1.16 bits per heavy atom. The van der Waals surface area contributed by atoms with Crippen LogP contribution in [-0.2, 0) is 4.79 Å². The van der Waals surface area contributed by atoms with Crippen molar-refractivity contribution in [2.45, 2.75) is 45.4 Å². The van der Waals surface area contributed by atoms with Crippen LogP contribution in [-0.4, -0.2) is 29.7 Å². The number of aryl methyl sites for hydroxylation is 1. The molecule has 1 aromatic rings. The fourth-order valence-corrected chi connectivity index (χ4v) is 3.24. The van der Waals surface area contributed by atoms with Crippen LogP contribution in [0, 0.1) is 6.92 Å². The van der Waals surface area contributed by atoms with Gasteiger partial charge >= 0.3 is 0 Å². The minimum Gasteiger partial charge on any atom is -0.343 e. The Morgan fingerprint density at radius 2 is 1.89 bits per heavy atom. The molecule has 104 valence electrons. The second-order valence-electron chi connectivity index (χ2n) is 5.13. The van der Waals surface area contributed by atoms with Gasteiger partial charge in [-0.2, -0.15) is 0 Å². The van der Waals surface area contributed by atoms with E-state index in [1.54, 1.807) is 0 Å². The van der Waals surface area contributed by atoms with Crippen molar-refractivity contribution in [3.8, 4) is 0 Å². The molecule has 19 heavy (non-hydrogen) atoms. The van der Waals surface area contributed by atoms with Crippen LogP contribution in [0.25, 0.3) is 0 Å². The number of amides is 1. The number of nitrogens with zero attached hydrogens (tertiary/aromatic N) is 1. The number of hydrogen-bond acceptors (Lipinski definition) is 3. The van der Waals surface area contributed by atoms with Gasteiger partial charge in [-0.15, -0.1) is 11.3 Å². The zero-order chi connectivity index (χ0) is 13.7. The molecular formula is C15H21NO2S. The van der Waals surface area contributed by atoms with Crippen LogP contribution in [0.5, 0.6) is 0 Å². The maximum absolute atomic E-state index is 11.9. The highest BCUT2D eigenvalue weighted by Crippen LogP contribution is 2.18. The van der Waals surface area contributed by atoms with Crippen molar-refractivity contribution >= 4 is 23.0 Å². The lowest BCUT2D eigenvalue weighted by molar-refractivity contribution is -0.132. The summed E-state index contributed by atoms with van der Waals surface area (Å²) in [5.41, 5.74) is 0. The molecule has 1 aliphatic heterocycles. The van der Waals surface area contributed by atoms with Crippen molar-refractivity contribution in [1.82, 2.24) is 4.90 Å². The van der Waals surface area contributed by atoms with Gasteiger partial charge in [0.2, 0.25) is 5.91 Å². The first-order valence-electron chi connectivity index (χ1n) is 7.04. The highest BCUT2D eigenvalue weighted by atomic mass is 32.1. The van der Waals surface area contributed by atoms with E-state index in [-0.39, 0.29) is 11.7 Å². The Bertz CT molecular complexity index is 447. The molecular weight excluding hydrogens is 258 g/mol. The maximum Gasteiger partial charge on any atom is 0.222 e. The average molecular weight is 279 g/mol. The van der Waals surface area contributed by atoms with E-state index in [0.29, 0.717) is 19.3 Å². The molecule has 1 aromatic heterocycles. The molecule has 0 saturated carbocycles. The topological polar surface area (TPSA) is 37.4 Å². The van der Waals surface area contributed by atoms with Gasteiger partial charge in [-0.1, -0.05) is 0 Å². The lowest BCUT2D eigenvalue weighted by Crippen LogP contribution is -2.35. The third-order valence-corrected chi connectivity index (χ3v) is 4.56. The number of hydrogen-bond donors (Lipinski definition) is 0. The second-order valence-corrected chi connectivity index (χ2v) is 6.42. The van der Waals surface area contributed by atoms with Gasteiger partial charge in [0.15, 0.2) is 5.78 Å². The van der Waals surface area contributed by atoms with Crippen LogP contribution in [0.2, 0.25) is 0 Å². The van der Waals surface area contributed by atoms with E-state index in [1.807, 2.05) is 24.0 Å². The molecule has 0 radical (unpaired) electrons. The molecule has 3 nitrogen and oxygen atoms in total. The van der Waals surface area contributed by atoms with E-state index in [0.717, 1.165) is 35.7 Å². The Labute approximate surface area is 118 Å². The van der Waals surface area contributed by atoms with Gasteiger partial charge in [-0.25, -0.2) is 0 Å². The zero-order valence-electron chi connectivity index (χ0n) is 11.5. The van der Waals surface area contributed by atoms with E-state index < -0.39 is 0 Å². The first-order chi connectivity index (χ1) is 9.16. The molecule has 1 amide bonds. The maximum atomic E-state index is 11.9. The third-order valence-electron chi connectivity index (χ3n) is 3.52. The number of Topliss-reactive ketones (excluding diaryl/α,β-unsaturated/α-hetero) is 1. The number of thiophene rings is 1. The smallest absolute Gasteiger partial charge is 0.222 e. The van der Waals surface area contributed by atoms with Crippen molar-refractivity contribution in [2.75, 3.05) is 13.1 Å². The average Bonchev–Trinajstić information content (AvgIpc) is 2.86. The number of rotatable bonds is 5. The Balaban J connectivity index is 1.71. The van der Waals surface area contributed by atoms with Crippen molar-refractivity contribution in [1.29, 1.82) is 0 Å². The second kappa shape index (κ2) is 6.85. The van der Waals surface area contributed by atoms with Gasteiger partial charge in [-0.3, -0.25) is 9.59 Å². The Hall–Kier alpha value is -1.16. The van der Waals surface area contributed by atoms with Crippen LogP contribution in [0.1, 0.15) is 53.1 Å². The summed E-state index contributed by atoms with van der Waals surface area (Å²) in [4.78, 5) is 27.8. The SMILES string of the molecule is Cc1ccc(C(=O)CCCC(=O)N2CCCCC2)s1. The van der Waals surface area contributed by atoms with Gasteiger partial charge < -0.3 is 4.90 Å². The van der Waals surface area contributed by atoms with E-state index >= 15 is 0 Å². The van der Waals surface area contributed by atoms with Gasteiger partial charge in [0.1, 0.15) is 0 Å². The summed E-state index contributed by atoms with van der Waals surface area (Å²) in [5, 5.41) is 0. The molecule has 0 spiro atoms. The van der Waals surface area contributed by atoms with Crippen molar-refractivity contribution < 1.29 is 9.59 Å². The molecule has 2 rings (SSSR count). The predicted molar refractivity (Wildman–Crippen MR) is 77.7 cm³/mol. The quantitative estimate of drug-likeness (QED) is 0.774. The molecule has 1 fully saturated rings. The van der Waals surface area contributed by atoms with E-state index in [2.05, 4.69) is 0 Å². The van der Waals surface area contributed by atoms with Gasteiger partial charge in [0, 0.05) is 30.8 Å². The summed E-state index contributed by atoms with van der Waals surface area (Å²) in [6, 6.07) is 3.85. The van der Waals surface area contributed by atoms with Gasteiger partial charge in [0.25, 0.3) is 0 Å². The van der Waals surface area contributed by atoms with E-state index in [1.165, 1.54) is 17.8 Å². The summed E-state index contributed by atoms with van der Waals surface area (Å²) < 4.78 is 0. The monoisotopic (exact) mass is 279 g/mol. The summed E-state index contributed by atoms with van der Waals surface area (Å²) in [5.74, 6) is 0.388. The fourth-order valence-electron chi connectivity index (χ4n) is 2.41. The molecule has 1 aliphatic rings. The van der Waals surface area contributed by atoms with Crippen LogP contribution in [0.3, 0.4) is 0 Å². The summed E-state index contributed by atoms with van der Waals surface area (Å²) >= 11 is 1.54. The van der Waals surface area contributed by atoms with Gasteiger partial charge in [0.05, 0.1) is 4.88 Å². The van der Waals surface area contributed by atoms with Crippen LogP contribution in [0.15, 0.2) is 12.1 Å². The minimum atomic E-state index is 0.171. The highest BCUT2D eigenvalue weighted by Gasteiger charge is 2.16. The van der Waals surface area contributed by atoms with Crippen molar-refractivity contribution in [3.05, 3.63) is 21.9 Å². The van der Waals surface area contributed by atoms with E-state index in [4.69, 9.17) is 0 Å². The number of carbonyl (C=O) groups is 2. The zero-order valence-corrected chi connectivity index (χ0v) is 12.3. The number of carbonyl (C=O) groups excluding carboxylic acids is 2. The molecule has 0 N–H and O–H groups in total. The normalized spacial score (nSPS) is 15.5. The Kier molecular flexibility index (Phi) is 5.14. The van der Waals surface area contributed by atoms with Gasteiger partial charge in [-0.05, 0) is 44.7 Å². The summed E-state index contributed by atoms with van der Waals surface area (Å²) in [6.45, 7) is 3.80. The van der Waals surface area contributed by atoms with Crippen molar-refractivity contribution in [3.63, 3.8) is 0 Å². The first kappa shape index (κ1) is 14.3. The number of ketones is 1. The molecule has 0 bridgehead atoms. The fraction of sp³-hybridized carbons (Fsp3) is 0.600. The first-order valence-corrected chi connectivity index (χ1v) is 7.86. The molecule has 0 unspecified atom stereocenters. The van der Waals surface area contributed by atoms with Crippen LogP contribution in [0.4, 0.5) is 0 Å². The van der Waals surface area contributed by atoms with Crippen LogP contribution < -0.4 is 0 Å². The molecule has 0 atom stereocenters. The number of piperidine rings is 1. The largest absolute Gasteiger partial charge is 0.343 e. The van der Waals surface area contributed by atoms with Crippen molar-refractivity contribution in [2.24, 2.45) is 0 Å². The lowest BCUT2D eigenvalue weighted by atomic mass is 10.1. The molecule has 4 heteroatoms. The van der Waals surface area contributed by atoms with E-state index in [9.17, 15) is 9.59 Å². The number of likely N-dealkylation sites (tertiary alicyclic amines) is 1. The minimum absolute atomic E-state index is 0.171. The lowest BCUT2D eigenvalue weighted by Gasteiger charge is -2.26. The summed E-state index contributed by atoms with van der Waals surface area (Å²) in [6.07, 6.45) is 5.15. The molecule has 2 heterocycles. The van der Waals surface area contributed by atoms with Crippen LogP contribution >= 0.6 is 11.3 Å². The standard InChI is InChI=1S/C15H21NO2S/c1-12-8-9-14(19-12)13(17)6-5-7-15(18)16-10-3-2-4-11-16/h8-9H,2-7,10-11H2,1H3. The Morgan fingerprint density at radius 3 is 2.53 bits per heavy atom. The highest BCUT2D eigenvalue weighted by molar-refractivity contribution is 7.14. The summed E-state index contributed by atoms with van der Waals surface area (Å²) in [7, 11) is 0. The predicted octanol–water partition coefficient (Wildman–Crippen LogP) is 3.42. The third kappa shape index (κ3) is 4.16. The molecule has 0 aliphatic carbocycles. The molecule has 0 aromatic carbocycles. The molecule has 1 saturated heterocycles.